The lowest BCUT2D eigenvalue weighted by molar-refractivity contribution is 0.0759. The van der Waals surface area contributed by atoms with Crippen LogP contribution in [0.25, 0.3) is 0 Å². The zero-order valence-corrected chi connectivity index (χ0v) is 16.0. The number of carbonyl (C=O) groups is 2. The van der Waals surface area contributed by atoms with Gasteiger partial charge in [0.15, 0.2) is 5.78 Å². The summed E-state index contributed by atoms with van der Waals surface area (Å²) >= 11 is 0. The predicted molar refractivity (Wildman–Crippen MR) is 102 cm³/mol. The lowest BCUT2D eigenvalue weighted by Crippen LogP contribution is -2.36. The molecule has 0 bridgehead atoms. The van der Waals surface area contributed by atoms with E-state index in [9.17, 15) is 9.59 Å². The molecule has 4 rings (SSSR count). The fourth-order valence-electron chi connectivity index (χ4n) is 4.13. The molecule has 27 heavy (non-hydrogen) atoms. The maximum Gasteiger partial charge on any atom is 0.258 e. The Morgan fingerprint density at radius 2 is 1.96 bits per heavy atom. The first-order valence-electron chi connectivity index (χ1n) is 9.67. The normalized spacial score (nSPS) is 17.6. The van der Waals surface area contributed by atoms with Crippen LogP contribution in [0, 0.1) is 13.8 Å². The molecule has 142 valence electrons. The second-order valence-corrected chi connectivity index (χ2v) is 7.40. The van der Waals surface area contributed by atoms with Crippen LogP contribution in [0.5, 0.6) is 0 Å². The summed E-state index contributed by atoms with van der Waals surface area (Å²) in [6, 6.07) is 4.09. The number of furan rings is 1. The number of Topliss-reactive ketones (excluding diaryl/α,β-unsaturated/α-hetero) is 1. The van der Waals surface area contributed by atoms with Gasteiger partial charge in [-0.05, 0) is 38.8 Å². The molecule has 2 aromatic rings. The van der Waals surface area contributed by atoms with Crippen molar-refractivity contribution in [1.29, 1.82) is 0 Å². The van der Waals surface area contributed by atoms with Gasteiger partial charge in [0.2, 0.25) is 0 Å². The molecule has 0 radical (unpaired) electrons. The van der Waals surface area contributed by atoms with Crippen LogP contribution >= 0.6 is 0 Å². The Morgan fingerprint density at radius 1 is 1.11 bits per heavy atom. The van der Waals surface area contributed by atoms with Crippen LogP contribution in [0.3, 0.4) is 0 Å². The van der Waals surface area contributed by atoms with E-state index in [1.54, 1.807) is 6.92 Å². The molecule has 6 heteroatoms. The molecule has 0 saturated carbocycles. The molecule has 1 aliphatic carbocycles. The number of amides is 1. The zero-order chi connectivity index (χ0) is 19.0. The maximum atomic E-state index is 13.2. The van der Waals surface area contributed by atoms with Crippen LogP contribution in [0.1, 0.15) is 57.2 Å². The number of fused-ring (bicyclic) bond motifs is 1. The standard InChI is InChI=1S/C21H25N3O3/c1-14-13-16(7-8-22-14)23-9-4-10-24(12-11-23)21(26)19-15(2)27-18-6-3-5-17(25)20(18)19/h7-8,13H,3-6,9-12H2,1-2H3. The van der Waals surface area contributed by atoms with E-state index < -0.39 is 0 Å². The second kappa shape index (κ2) is 7.18. The van der Waals surface area contributed by atoms with Gasteiger partial charge in [-0.15, -0.1) is 0 Å². The molecule has 0 atom stereocenters. The lowest BCUT2D eigenvalue weighted by atomic mass is 9.93. The minimum absolute atomic E-state index is 0.0418. The van der Waals surface area contributed by atoms with Gasteiger partial charge in [0.1, 0.15) is 11.5 Å². The van der Waals surface area contributed by atoms with Crippen LogP contribution in [-0.4, -0.2) is 47.8 Å². The number of pyridine rings is 1. The highest BCUT2D eigenvalue weighted by Crippen LogP contribution is 2.31. The third kappa shape index (κ3) is 3.36. The monoisotopic (exact) mass is 367 g/mol. The van der Waals surface area contributed by atoms with Gasteiger partial charge >= 0.3 is 0 Å². The van der Waals surface area contributed by atoms with Crippen molar-refractivity contribution in [3.8, 4) is 0 Å². The molecule has 0 spiro atoms. The average molecular weight is 367 g/mol. The first kappa shape index (κ1) is 17.8. The molecule has 0 N–H and O–H groups in total. The summed E-state index contributed by atoms with van der Waals surface area (Å²) in [7, 11) is 0. The van der Waals surface area contributed by atoms with Crippen LogP contribution in [-0.2, 0) is 6.42 Å². The van der Waals surface area contributed by atoms with Gasteiger partial charge in [0.05, 0.1) is 11.1 Å². The highest BCUT2D eigenvalue weighted by Gasteiger charge is 2.33. The van der Waals surface area contributed by atoms with Gasteiger partial charge in [0, 0.05) is 56.6 Å². The fourth-order valence-corrected chi connectivity index (χ4v) is 4.13. The maximum absolute atomic E-state index is 13.2. The van der Waals surface area contributed by atoms with E-state index in [-0.39, 0.29) is 11.7 Å². The quantitative estimate of drug-likeness (QED) is 0.816. The molecule has 2 aromatic heterocycles. The van der Waals surface area contributed by atoms with Crippen molar-refractivity contribution in [2.45, 2.75) is 39.5 Å². The average Bonchev–Trinajstić information content (AvgIpc) is 2.83. The number of aromatic nitrogens is 1. The van der Waals surface area contributed by atoms with Crippen LogP contribution < -0.4 is 4.90 Å². The van der Waals surface area contributed by atoms with Crippen molar-refractivity contribution in [1.82, 2.24) is 9.88 Å². The third-order valence-electron chi connectivity index (χ3n) is 5.49. The zero-order valence-electron chi connectivity index (χ0n) is 16.0. The van der Waals surface area contributed by atoms with E-state index in [1.807, 2.05) is 24.1 Å². The second-order valence-electron chi connectivity index (χ2n) is 7.40. The molecular weight excluding hydrogens is 342 g/mol. The van der Waals surface area contributed by atoms with Gasteiger partial charge in [-0.1, -0.05) is 0 Å². The van der Waals surface area contributed by atoms with Gasteiger partial charge in [0.25, 0.3) is 5.91 Å². The van der Waals surface area contributed by atoms with E-state index in [0.29, 0.717) is 42.2 Å². The van der Waals surface area contributed by atoms with Crippen molar-refractivity contribution in [3.63, 3.8) is 0 Å². The molecule has 1 fully saturated rings. The number of rotatable bonds is 2. The van der Waals surface area contributed by atoms with Crippen molar-refractivity contribution in [2.24, 2.45) is 0 Å². The Balaban J connectivity index is 1.54. The summed E-state index contributed by atoms with van der Waals surface area (Å²) in [4.78, 5) is 34.1. The topological polar surface area (TPSA) is 66.7 Å². The molecule has 1 aliphatic heterocycles. The highest BCUT2D eigenvalue weighted by molar-refractivity contribution is 6.10. The van der Waals surface area contributed by atoms with Crippen molar-refractivity contribution >= 4 is 17.4 Å². The number of hydrogen-bond donors (Lipinski definition) is 0. The Morgan fingerprint density at radius 3 is 2.78 bits per heavy atom. The van der Waals surface area contributed by atoms with E-state index in [1.165, 1.54) is 0 Å². The van der Waals surface area contributed by atoms with Crippen molar-refractivity contribution in [2.75, 3.05) is 31.1 Å². The molecule has 2 aliphatic rings. The number of hydrogen-bond acceptors (Lipinski definition) is 5. The highest BCUT2D eigenvalue weighted by atomic mass is 16.3. The minimum atomic E-state index is -0.0690. The van der Waals surface area contributed by atoms with E-state index in [0.717, 1.165) is 43.7 Å². The fraction of sp³-hybridized carbons (Fsp3) is 0.476. The largest absolute Gasteiger partial charge is 0.465 e. The van der Waals surface area contributed by atoms with Gasteiger partial charge in [-0.2, -0.15) is 0 Å². The first-order valence-corrected chi connectivity index (χ1v) is 9.67. The van der Waals surface area contributed by atoms with Gasteiger partial charge in [-0.25, -0.2) is 0 Å². The first-order chi connectivity index (χ1) is 13.0. The summed E-state index contributed by atoms with van der Waals surface area (Å²) in [5.41, 5.74) is 3.16. The summed E-state index contributed by atoms with van der Waals surface area (Å²) in [5, 5.41) is 0. The summed E-state index contributed by atoms with van der Waals surface area (Å²) in [5.74, 6) is 1.24. The summed E-state index contributed by atoms with van der Waals surface area (Å²) < 4.78 is 5.77. The van der Waals surface area contributed by atoms with E-state index in [4.69, 9.17) is 4.42 Å². The number of anilines is 1. The molecule has 6 nitrogen and oxygen atoms in total. The Labute approximate surface area is 159 Å². The molecule has 1 amide bonds. The lowest BCUT2D eigenvalue weighted by Gasteiger charge is -2.24. The van der Waals surface area contributed by atoms with E-state index in [2.05, 4.69) is 16.0 Å². The summed E-state index contributed by atoms with van der Waals surface area (Å²) in [6.07, 6.45) is 4.76. The molecule has 0 aromatic carbocycles. The molecular formula is C21H25N3O3. The smallest absolute Gasteiger partial charge is 0.258 e. The molecule has 1 saturated heterocycles. The van der Waals surface area contributed by atoms with Crippen molar-refractivity contribution in [3.05, 3.63) is 46.7 Å². The Hall–Kier alpha value is -2.63. The van der Waals surface area contributed by atoms with Crippen LogP contribution in [0.15, 0.2) is 22.7 Å². The summed E-state index contributed by atoms with van der Waals surface area (Å²) in [6.45, 7) is 6.76. The number of aryl methyl sites for hydroxylation is 3. The van der Waals surface area contributed by atoms with E-state index >= 15 is 0 Å². The number of carbonyl (C=O) groups excluding carboxylic acids is 2. The molecule has 0 unspecified atom stereocenters. The van der Waals surface area contributed by atoms with Gasteiger partial charge < -0.3 is 14.2 Å². The number of nitrogens with zero attached hydrogens (tertiary/aromatic N) is 3. The molecule has 3 heterocycles. The predicted octanol–water partition coefficient (Wildman–Crippen LogP) is 3.16. The van der Waals surface area contributed by atoms with Crippen LogP contribution in [0.2, 0.25) is 0 Å². The van der Waals surface area contributed by atoms with Gasteiger partial charge in [-0.3, -0.25) is 14.6 Å². The van der Waals surface area contributed by atoms with Crippen LogP contribution in [0.4, 0.5) is 5.69 Å². The Kier molecular flexibility index (Phi) is 4.72. The Bertz CT molecular complexity index is 887. The SMILES string of the molecule is Cc1cc(N2CCCN(C(=O)c3c(C)oc4c3C(=O)CCC4)CC2)ccn1. The van der Waals surface area contributed by atoms with Crippen molar-refractivity contribution < 1.29 is 14.0 Å². The number of ketones is 1. The third-order valence-corrected chi connectivity index (χ3v) is 5.49. The minimum Gasteiger partial charge on any atom is -0.465 e.